The summed E-state index contributed by atoms with van der Waals surface area (Å²) in [5, 5.41) is 0. The lowest BCUT2D eigenvalue weighted by atomic mass is 10.1. The van der Waals surface area contributed by atoms with Crippen LogP contribution in [0.5, 0.6) is 5.75 Å². The Labute approximate surface area is 154 Å². The monoisotopic (exact) mass is 374 g/mol. The minimum atomic E-state index is -3.56. The molecule has 2 aromatic rings. The molecule has 1 aliphatic heterocycles. The van der Waals surface area contributed by atoms with Gasteiger partial charge in [-0.15, -0.1) is 0 Å². The van der Waals surface area contributed by atoms with Crippen molar-refractivity contribution in [2.24, 2.45) is 0 Å². The van der Waals surface area contributed by atoms with E-state index in [1.54, 1.807) is 29.2 Å². The summed E-state index contributed by atoms with van der Waals surface area (Å²) < 4.78 is 32.0. The number of amides is 1. The molecule has 2 aromatic carbocycles. The molecule has 7 heteroatoms. The zero-order chi connectivity index (χ0) is 18.6. The average Bonchev–Trinajstić information content (AvgIpc) is 2.69. The van der Waals surface area contributed by atoms with Crippen LogP contribution in [0.1, 0.15) is 5.56 Å². The minimum absolute atomic E-state index is 0.0256. The molecule has 0 unspecified atom stereocenters. The number of carbonyl (C=O) groups excluding carboxylic acids is 1. The minimum Gasteiger partial charge on any atom is -0.497 e. The Hall–Kier alpha value is -2.38. The lowest BCUT2D eigenvalue weighted by molar-refractivity contribution is -0.131. The van der Waals surface area contributed by atoms with Crippen LogP contribution in [-0.4, -0.2) is 56.8 Å². The lowest BCUT2D eigenvalue weighted by Gasteiger charge is -2.34. The molecule has 0 saturated carbocycles. The molecule has 1 heterocycles. The van der Waals surface area contributed by atoms with Crippen LogP contribution in [0.25, 0.3) is 0 Å². The van der Waals surface area contributed by atoms with Crippen LogP contribution in [0.3, 0.4) is 0 Å². The maximum Gasteiger partial charge on any atom is 0.243 e. The van der Waals surface area contributed by atoms with E-state index in [0.717, 1.165) is 5.56 Å². The van der Waals surface area contributed by atoms with Crippen LogP contribution in [0.4, 0.5) is 0 Å². The normalized spacial score (nSPS) is 15.7. The molecule has 0 aliphatic carbocycles. The molecule has 1 fully saturated rings. The molecule has 0 bridgehead atoms. The van der Waals surface area contributed by atoms with E-state index in [9.17, 15) is 13.2 Å². The second kappa shape index (κ2) is 7.88. The smallest absolute Gasteiger partial charge is 0.243 e. The number of hydrogen-bond acceptors (Lipinski definition) is 4. The van der Waals surface area contributed by atoms with Gasteiger partial charge >= 0.3 is 0 Å². The third kappa shape index (κ3) is 4.05. The maximum absolute atomic E-state index is 12.7. The summed E-state index contributed by atoms with van der Waals surface area (Å²) in [6, 6.07) is 15.9. The molecule has 0 atom stereocenters. The Kier molecular flexibility index (Phi) is 5.58. The first-order valence-corrected chi connectivity index (χ1v) is 9.90. The first-order valence-electron chi connectivity index (χ1n) is 8.46. The number of rotatable bonds is 5. The van der Waals surface area contributed by atoms with E-state index in [4.69, 9.17) is 4.74 Å². The van der Waals surface area contributed by atoms with E-state index >= 15 is 0 Å². The highest BCUT2D eigenvalue weighted by molar-refractivity contribution is 7.89. The van der Waals surface area contributed by atoms with Gasteiger partial charge < -0.3 is 9.64 Å². The standard InChI is InChI=1S/C19H22N2O4S/c1-25-17-7-9-18(10-8-17)26(23,24)21-13-11-20(12-14-21)19(22)15-16-5-3-2-4-6-16/h2-10H,11-15H2,1H3. The summed E-state index contributed by atoms with van der Waals surface area (Å²) in [5.41, 5.74) is 0.964. The van der Waals surface area contributed by atoms with Crippen molar-refractivity contribution in [3.8, 4) is 5.75 Å². The zero-order valence-electron chi connectivity index (χ0n) is 14.7. The van der Waals surface area contributed by atoms with Crippen LogP contribution in [0.2, 0.25) is 0 Å². The van der Waals surface area contributed by atoms with Crippen molar-refractivity contribution in [3.05, 3.63) is 60.2 Å². The van der Waals surface area contributed by atoms with Gasteiger partial charge in [-0.1, -0.05) is 30.3 Å². The number of benzene rings is 2. The average molecular weight is 374 g/mol. The summed E-state index contributed by atoms with van der Waals surface area (Å²) in [6.07, 6.45) is 0.339. The number of nitrogens with zero attached hydrogens (tertiary/aromatic N) is 2. The fourth-order valence-electron chi connectivity index (χ4n) is 2.96. The van der Waals surface area contributed by atoms with Gasteiger partial charge in [-0.25, -0.2) is 8.42 Å². The molecule has 0 N–H and O–H groups in total. The lowest BCUT2D eigenvalue weighted by Crippen LogP contribution is -2.50. The number of carbonyl (C=O) groups is 1. The number of hydrogen-bond donors (Lipinski definition) is 0. The SMILES string of the molecule is COc1ccc(S(=O)(=O)N2CCN(C(=O)Cc3ccccc3)CC2)cc1. The molecule has 1 saturated heterocycles. The molecule has 138 valence electrons. The number of ether oxygens (including phenoxy) is 1. The quantitative estimate of drug-likeness (QED) is 0.800. The zero-order valence-corrected chi connectivity index (χ0v) is 15.5. The fourth-order valence-corrected chi connectivity index (χ4v) is 4.38. The summed E-state index contributed by atoms with van der Waals surface area (Å²) in [7, 11) is -2.02. The van der Waals surface area contributed by atoms with Crippen molar-refractivity contribution >= 4 is 15.9 Å². The van der Waals surface area contributed by atoms with Crippen molar-refractivity contribution in [3.63, 3.8) is 0 Å². The predicted molar refractivity (Wildman–Crippen MR) is 98.5 cm³/mol. The summed E-state index contributed by atoms with van der Waals surface area (Å²) in [4.78, 5) is 14.4. The van der Waals surface area contributed by atoms with Gasteiger partial charge in [0.15, 0.2) is 0 Å². The molecule has 26 heavy (non-hydrogen) atoms. The highest BCUT2D eigenvalue weighted by Gasteiger charge is 2.30. The summed E-state index contributed by atoms with van der Waals surface area (Å²) >= 11 is 0. The Balaban J connectivity index is 1.61. The van der Waals surface area contributed by atoms with Crippen molar-refractivity contribution in [1.82, 2.24) is 9.21 Å². The third-order valence-corrected chi connectivity index (χ3v) is 6.40. The van der Waals surface area contributed by atoms with E-state index in [1.807, 2.05) is 30.3 Å². The van der Waals surface area contributed by atoms with Crippen LogP contribution in [-0.2, 0) is 21.2 Å². The van der Waals surface area contributed by atoms with Crippen molar-refractivity contribution in [2.75, 3.05) is 33.3 Å². The second-order valence-electron chi connectivity index (χ2n) is 6.12. The first kappa shape index (κ1) is 18.4. The Morgan fingerprint density at radius 3 is 2.15 bits per heavy atom. The van der Waals surface area contributed by atoms with E-state index in [2.05, 4.69) is 0 Å². The van der Waals surface area contributed by atoms with Crippen LogP contribution < -0.4 is 4.74 Å². The fraction of sp³-hybridized carbons (Fsp3) is 0.316. The predicted octanol–water partition coefficient (Wildman–Crippen LogP) is 1.77. The van der Waals surface area contributed by atoms with Crippen LogP contribution >= 0.6 is 0 Å². The van der Waals surface area contributed by atoms with Gasteiger partial charge in [0.2, 0.25) is 15.9 Å². The van der Waals surface area contributed by atoms with E-state index in [-0.39, 0.29) is 10.8 Å². The number of sulfonamides is 1. The van der Waals surface area contributed by atoms with Gasteiger partial charge in [-0.3, -0.25) is 4.79 Å². The van der Waals surface area contributed by atoms with Crippen LogP contribution in [0.15, 0.2) is 59.5 Å². The van der Waals surface area contributed by atoms with Crippen LogP contribution in [0, 0.1) is 0 Å². The summed E-state index contributed by atoms with van der Waals surface area (Å²) in [5.74, 6) is 0.637. The van der Waals surface area contributed by atoms with Gasteiger partial charge in [-0.2, -0.15) is 4.31 Å². The number of piperazine rings is 1. The van der Waals surface area contributed by atoms with Gasteiger partial charge in [-0.05, 0) is 29.8 Å². The molecule has 1 amide bonds. The topological polar surface area (TPSA) is 66.9 Å². The van der Waals surface area contributed by atoms with E-state index < -0.39 is 10.0 Å². The highest BCUT2D eigenvalue weighted by Crippen LogP contribution is 2.21. The highest BCUT2D eigenvalue weighted by atomic mass is 32.2. The Morgan fingerprint density at radius 2 is 1.58 bits per heavy atom. The Morgan fingerprint density at radius 1 is 0.962 bits per heavy atom. The first-order chi connectivity index (χ1) is 12.5. The molecule has 0 radical (unpaired) electrons. The van der Waals surface area contributed by atoms with Crippen molar-refractivity contribution in [2.45, 2.75) is 11.3 Å². The van der Waals surface area contributed by atoms with Gasteiger partial charge in [0.05, 0.1) is 18.4 Å². The van der Waals surface area contributed by atoms with Crippen molar-refractivity contribution < 1.29 is 17.9 Å². The largest absolute Gasteiger partial charge is 0.497 e. The molecular formula is C19H22N2O4S. The Bertz CT molecular complexity index is 843. The molecule has 0 aromatic heterocycles. The van der Waals surface area contributed by atoms with Gasteiger partial charge in [0.25, 0.3) is 0 Å². The van der Waals surface area contributed by atoms with Crippen molar-refractivity contribution in [1.29, 1.82) is 0 Å². The second-order valence-corrected chi connectivity index (χ2v) is 8.06. The molecule has 1 aliphatic rings. The van der Waals surface area contributed by atoms with Gasteiger partial charge in [0.1, 0.15) is 5.75 Å². The van der Waals surface area contributed by atoms with Gasteiger partial charge in [0, 0.05) is 26.2 Å². The summed E-state index contributed by atoms with van der Waals surface area (Å²) in [6.45, 7) is 1.41. The number of methoxy groups -OCH3 is 1. The molecule has 0 spiro atoms. The van der Waals surface area contributed by atoms with E-state index in [0.29, 0.717) is 38.3 Å². The molecule has 6 nitrogen and oxygen atoms in total. The maximum atomic E-state index is 12.7. The molecular weight excluding hydrogens is 352 g/mol. The third-order valence-electron chi connectivity index (χ3n) is 4.49. The molecule has 3 rings (SSSR count). The van der Waals surface area contributed by atoms with E-state index in [1.165, 1.54) is 11.4 Å².